The van der Waals surface area contributed by atoms with E-state index < -0.39 is 12.0 Å². The van der Waals surface area contributed by atoms with Gasteiger partial charge >= 0.3 is 5.97 Å². The highest BCUT2D eigenvalue weighted by atomic mass is 16.4. The molecule has 1 heterocycles. The van der Waals surface area contributed by atoms with E-state index in [0.717, 1.165) is 16.5 Å². The molecule has 0 saturated carbocycles. The number of aromatic nitrogens is 1. The van der Waals surface area contributed by atoms with Gasteiger partial charge in [0, 0.05) is 11.6 Å². The maximum Gasteiger partial charge on any atom is 0.320 e. The largest absolute Gasteiger partial charge is 0.480 e. The van der Waals surface area contributed by atoms with Crippen molar-refractivity contribution in [2.24, 2.45) is 5.73 Å². The zero-order chi connectivity index (χ0) is 11.5. The predicted octanol–water partition coefficient (Wildman–Crippen LogP) is 1.19. The Bertz CT molecular complexity index is 525. The van der Waals surface area contributed by atoms with Gasteiger partial charge in [-0.25, -0.2) is 0 Å². The fourth-order valence-corrected chi connectivity index (χ4v) is 1.58. The van der Waals surface area contributed by atoms with Crippen molar-refractivity contribution in [3.05, 3.63) is 42.1 Å². The van der Waals surface area contributed by atoms with Crippen molar-refractivity contribution in [3.63, 3.8) is 0 Å². The van der Waals surface area contributed by atoms with Crippen LogP contribution in [0.25, 0.3) is 10.9 Å². The molecule has 0 saturated heterocycles. The minimum Gasteiger partial charge on any atom is -0.480 e. The highest BCUT2D eigenvalue weighted by Crippen LogP contribution is 2.14. The summed E-state index contributed by atoms with van der Waals surface area (Å²) in [7, 11) is 0. The average molecular weight is 216 g/mol. The number of fused-ring (bicyclic) bond motifs is 1. The second kappa shape index (κ2) is 4.28. The standard InChI is InChI=1S/C12H12N2O2/c13-10(12(15)16)6-8-3-4-9-2-1-5-14-11(9)7-8/h1-5,7,10H,6,13H2,(H,15,16). The zero-order valence-electron chi connectivity index (χ0n) is 8.63. The molecular formula is C12H12N2O2. The summed E-state index contributed by atoms with van der Waals surface area (Å²) in [6, 6.07) is 8.65. The van der Waals surface area contributed by atoms with Gasteiger partial charge in [0.25, 0.3) is 0 Å². The van der Waals surface area contributed by atoms with Crippen LogP contribution in [0.15, 0.2) is 36.5 Å². The van der Waals surface area contributed by atoms with Gasteiger partial charge in [-0.3, -0.25) is 9.78 Å². The molecule has 4 heteroatoms. The highest BCUT2D eigenvalue weighted by molar-refractivity contribution is 5.79. The van der Waals surface area contributed by atoms with Crippen LogP contribution in [0.5, 0.6) is 0 Å². The van der Waals surface area contributed by atoms with Crippen LogP contribution in [0, 0.1) is 0 Å². The van der Waals surface area contributed by atoms with E-state index in [2.05, 4.69) is 4.98 Å². The third kappa shape index (κ3) is 2.17. The van der Waals surface area contributed by atoms with E-state index in [9.17, 15) is 4.79 Å². The van der Waals surface area contributed by atoms with Gasteiger partial charge in [-0.15, -0.1) is 0 Å². The molecule has 0 radical (unpaired) electrons. The smallest absolute Gasteiger partial charge is 0.320 e. The number of hydrogen-bond acceptors (Lipinski definition) is 3. The summed E-state index contributed by atoms with van der Waals surface area (Å²) in [4.78, 5) is 14.8. The number of rotatable bonds is 3. The normalized spacial score (nSPS) is 12.6. The quantitative estimate of drug-likeness (QED) is 0.808. The fourth-order valence-electron chi connectivity index (χ4n) is 1.58. The Morgan fingerprint density at radius 1 is 1.44 bits per heavy atom. The van der Waals surface area contributed by atoms with Crippen molar-refractivity contribution in [2.45, 2.75) is 12.5 Å². The fraction of sp³-hybridized carbons (Fsp3) is 0.167. The van der Waals surface area contributed by atoms with Crippen LogP contribution in [0.4, 0.5) is 0 Å². The van der Waals surface area contributed by atoms with Crippen LogP contribution >= 0.6 is 0 Å². The minimum absolute atomic E-state index is 0.321. The van der Waals surface area contributed by atoms with Gasteiger partial charge in [-0.05, 0) is 24.1 Å². The molecule has 1 atom stereocenters. The first-order chi connectivity index (χ1) is 7.66. The Kier molecular flexibility index (Phi) is 2.83. The Balaban J connectivity index is 2.29. The number of benzene rings is 1. The van der Waals surface area contributed by atoms with Gasteiger partial charge in [0.2, 0.25) is 0 Å². The Hall–Kier alpha value is -1.94. The van der Waals surface area contributed by atoms with Crippen LogP contribution in [0.3, 0.4) is 0 Å². The highest BCUT2D eigenvalue weighted by Gasteiger charge is 2.12. The van der Waals surface area contributed by atoms with Crippen LogP contribution in [-0.4, -0.2) is 22.1 Å². The number of carboxylic acid groups (broad SMARTS) is 1. The van der Waals surface area contributed by atoms with Crippen LogP contribution < -0.4 is 5.73 Å². The number of nitrogens with zero attached hydrogens (tertiary/aromatic N) is 1. The summed E-state index contributed by atoms with van der Waals surface area (Å²) < 4.78 is 0. The van der Waals surface area contributed by atoms with Crippen molar-refractivity contribution in [2.75, 3.05) is 0 Å². The van der Waals surface area contributed by atoms with Crippen molar-refractivity contribution < 1.29 is 9.90 Å². The lowest BCUT2D eigenvalue weighted by Gasteiger charge is -2.06. The van der Waals surface area contributed by atoms with E-state index in [-0.39, 0.29) is 0 Å². The number of hydrogen-bond donors (Lipinski definition) is 2. The summed E-state index contributed by atoms with van der Waals surface area (Å²) in [5, 5.41) is 9.75. The molecule has 0 bridgehead atoms. The Morgan fingerprint density at radius 3 is 3.00 bits per heavy atom. The Morgan fingerprint density at radius 2 is 2.25 bits per heavy atom. The summed E-state index contributed by atoms with van der Waals surface area (Å²) in [5.74, 6) is -0.985. The summed E-state index contributed by atoms with van der Waals surface area (Å²) in [5.41, 5.74) is 7.22. The third-order valence-corrected chi connectivity index (χ3v) is 2.44. The van der Waals surface area contributed by atoms with Crippen molar-refractivity contribution in [1.82, 2.24) is 4.98 Å². The van der Waals surface area contributed by atoms with Crippen LogP contribution in [-0.2, 0) is 11.2 Å². The second-order valence-electron chi connectivity index (χ2n) is 3.68. The van der Waals surface area contributed by atoms with Gasteiger partial charge in [0.1, 0.15) is 6.04 Å². The molecule has 1 unspecified atom stereocenters. The number of nitrogens with two attached hydrogens (primary N) is 1. The van der Waals surface area contributed by atoms with Crippen LogP contribution in [0.2, 0.25) is 0 Å². The zero-order valence-corrected chi connectivity index (χ0v) is 8.63. The summed E-state index contributed by atoms with van der Waals surface area (Å²) in [6.45, 7) is 0. The molecule has 3 N–H and O–H groups in total. The van der Waals surface area contributed by atoms with Crippen LogP contribution in [0.1, 0.15) is 5.56 Å². The molecule has 0 aliphatic rings. The lowest BCUT2D eigenvalue weighted by Crippen LogP contribution is -2.32. The molecule has 2 aromatic rings. The molecule has 82 valence electrons. The summed E-state index contributed by atoms with van der Waals surface area (Å²) >= 11 is 0. The van der Waals surface area contributed by atoms with Crippen molar-refractivity contribution in [1.29, 1.82) is 0 Å². The van der Waals surface area contributed by atoms with E-state index in [1.54, 1.807) is 6.20 Å². The van der Waals surface area contributed by atoms with Crippen molar-refractivity contribution >= 4 is 16.9 Å². The first-order valence-electron chi connectivity index (χ1n) is 4.99. The van der Waals surface area contributed by atoms with Gasteiger partial charge in [0.05, 0.1) is 5.52 Å². The number of aliphatic carboxylic acids is 1. The SMILES string of the molecule is NC(Cc1ccc2cccnc2c1)C(=O)O. The maximum absolute atomic E-state index is 10.6. The second-order valence-corrected chi connectivity index (χ2v) is 3.68. The monoisotopic (exact) mass is 216 g/mol. The van der Waals surface area contributed by atoms with E-state index >= 15 is 0 Å². The minimum atomic E-state index is -0.985. The third-order valence-electron chi connectivity index (χ3n) is 2.44. The molecule has 0 fully saturated rings. The van der Waals surface area contributed by atoms with E-state index in [1.165, 1.54) is 0 Å². The molecule has 2 rings (SSSR count). The molecule has 1 aromatic heterocycles. The lowest BCUT2D eigenvalue weighted by atomic mass is 10.0. The molecule has 16 heavy (non-hydrogen) atoms. The van der Waals surface area contributed by atoms with E-state index in [0.29, 0.717) is 6.42 Å². The van der Waals surface area contributed by atoms with Gasteiger partial charge in [0.15, 0.2) is 0 Å². The topological polar surface area (TPSA) is 76.2 Å². The molecule has 0 aliphatic heterocycles. The number of carbonyl (C=O) groups is 1. The van der Waals surface area contributed by atoms with Gasteiger partial charge in [-0.1, -0.05) is 18.2 Å². The van der Waals surface area contributed by atoms with Gasteiger partial charge in [-0.2, -0.15) is 0 Å². The number of carboxylic acids is 1. The lowest BCUT2D eigenvalue weighted by molar-refractivity contribution is -0.138. The Labute approximate surface area is 92.7 Å². The molecule has 0 aliphatic carbocycles. The molecular weight excluding hydrogens is 204 g/mol. The average Bonchev–Trinajstić information content (AvgIpc) is 2.28. The first-order valence-corrected chi connectivity index (χ1v) is 4.99. The molecule has 0 spiro atoms. The predicted molar refractivity (Wildman–Crippen MR) is 61.1 cm³/mol. The van der Waals surface area contributed by atoms with E-state index in [1.807, 2.05) is 30.3 Å². The molecule has 0 amide bonds. The van der Waals surface area contributed by atoms with Crippen molar-refractivity contribution in [3.8, 4) is 0 Å². The molecule has 1 aromatic carbocycles. The first kappa shape index (κ1) is 10.6. The molecule has 4 nitrogen and oxygen atoms in total. The van der Waals surface area contributed by atoms with E-state index in [4.69, 9.17) is 10.8 Å². The number of pyridine rings is 1. The maximum atomic E-state index is 10.6. The van der Waals surface area contributed by atoms with Gasteiger partial charge < -0.3 is 10.8 Å². The summed E-state index contributed by atoms with van der Waals surface area (Å²) in [6.07, 6.45) is 2.03.